The van der Waals surface area contributed by atoms with Crippen molar-refractivity contribution in [1.29, 1.82) is 0 Å². The number of nitrogen functional groups attached to an aromatic ring is 1. The van der Waals surface area contributed by atoms with Crippen LogP contribution in [0.15, 0.2) is 35.3 Å². The number of benzene rings is 1. The summed E-state index contributed by atoms with van der Waals surface area (Å²) in [6.07, 6.45) is -0.295. The van der Waals surface area contributed by atoms with E-state index in [0.29, 0.717) is 31.5 Å². The number of anilines is 1. The number of carbonyl (C=O) groups excluding carboxylic acids is 2. The molecule has 11 N–H and O–H groups in total. The Balaban J connectivity index is 1.46. The van der Waals surface area contributed by atoms with Gasteiger partial charge in [0.1, 0.15) is 43.2 Å². The Morgan fingerprint density at radius 2 is 1.72 bits per heavy atom. The molecular weight excluding hydrogens is 998 g/mol. The van der Waals surface area contributed by atoms with Crippen LogP contribution < -0.4 is 27.5 Å². The van der Waals surface area contributed by atoms with E-state index >= 15 is 0 Å². The van der Waals surface area contributed by atoms with Crippen LogP contribution in [0.2, 0.25) is 0 Å². The minimum Gasteiger partial charge on any atom is -0.423 e. The quantitative estimate of drug-likeness (QED) is 0.0161. The molecule has 4 atom stereocenters. The summed E-state index contributed by atoms with van der Waals surface area (Å²) < 4.78 is 53.6. The number of rotatable bonds is 26. The molecule has 3 rings (SSSR count). The van der Waals surface area contributed by atoms with Gasteiger partial charge in [-0.3, -0.25) is 19.0 Å². The zero-order chi connectivity index (χ0) is 48.6. The summed E-state index contributed by atoms with van der Waals surface area (Å²) in [6.45, 7) is 9.92. The summed E-state index contributed by atoms with van der Waals surface area (Å²) in [5.74, 6) is 5.42. The minimum atomic E-state index is -5.71. The van der Waals surface area contributed by atoms with Crippen LogP contribution >= 0.6 is 67.0 Å². The van der Waals surface area contributed by atoms with Gasteiger partial charge in [0, 0.05) is 47.2 Å². The number of nitrogens with one attached hydrogen (secondary N) is 2. The normalized spacial score (nSPS) is 17.8. The first-order valence-corrected chi connectivity index (χ1v) is 28.5. The van der Waals surface area contributed by atoms with Crippen molar-refractivity contribution in [2.75, 3.05) is 43.9 Å². The van der Waals surface area contributed by atoms with Crippen molar-refractivity contribution in [3.63, 3.8) is 0 Å². The maximum atomic E-state index is 13.0. The molecule has 2 amide bonds. The molecule has 65 heavy (non-hydrogen) atoms. The monoisotopic (exact) mass is 1050 g/mol. The third kappa shape index (κ3) is 22.9. The number of unbranched alkanes of at least 4 members (excludes halogenated alkanes) is 1. The summed E-state index contributed by atoms with van der Waals surface area (Å²) in [7, 11) is -12.3. The summed E-state index contributed by atoms with van der Waals surface area (Å²) in [4.78, 5) is 88.9. The zero-order valence-electron chi connectivity index (χ0n) is 35.8. The minimum absolute atomic E-state index is 0.00770. The first-order valence-electron chi connectivity index (χ1n) is 19.3. The number of nitrogens with two attached hydrogens (primary N) is 1. The summed E-state index contributed by atoms with van der Waals surface area (Å²) in [5.41, 5.74) is 6.01. The van der Waals surface area contributed by atoms with Gasteiger partial charge in [-0.25, -0.2) is 13.9 Å². The summed E-state index contributed by atoms with van der Waals surface area (Å²) >= 11 is 0. The molecule has 1 aromatic heterocycles. The molecule has 0 bridgehead atoms. The van der Waals surface area contributed by atoms with E-state index in [9.17, 15) is 48.2 Å². The van der Waals surface area contributed by atoms with E-state index in [1.165, 1.54) is 73.6 Å². The Hall–Kier alpha value is -1.77. The van der Waals surface area contributed by atoms with Gasteiger partial charge < -0.3 is 50.4 Å². The van der Waals surface area contributed by atoms with Crippen LogP contribution in [0.4, 0.5) is 5.82 Å². The molecule has 23 nitrogen and oxygen atoms in total. The maximum absolute atomic E-state index is 13.0. The van der Waals surface area contributed by atoms with Gasteiger partial charge in [0.15, 0.2) is 0 Å². The van der Waals surface area contributed by atoms with E-state index in [-0.39, 0.29) is 69.5 Å². The first kappa shape index (κ1) is 57.6. The van der Waals surface area contributed by atoms with Crippen LogP contribution in [0.3, 0.4) is 0 Å². The van der Waals surface area contributed by atoms with Gasteiger partial charge in [-0.05, 0) is 48.6 Å². The van der Waals surface area contributed by atoms with Crippen LogP contribution in [0.1, 0.15) is 82.5 Å². The molecule has 0 radical (unpaired) electrons. The molecule has 1 fully saturated rings. The second kappa shape index (κ2) is 26.3. The molecule has 0 spiro atoms. The van der Waals surface area contributed by atoms with Crippen molar-refractivity contribution in [3.8, 4) is 11.8 Å². The third-order valence-electron chi connectivity index (χ3n) is 8.05. The van der Waals surface area contributed by atoms with E-state index in [1.54, 1.807) is 0 Å². The fraction of sp³-hybridized carbons (Fsp3) is 0.588. The number of nitrogens with zero attached hydrogens (tertiary/aromatic N) is 2. The predicted molar refractivity (Wildman–Crippen MR) is 250 cm³/mol. The molecule has 1 aliphatic rings. The second-order valence-electron chi connectivity index (χ2n) is 15.4. The number of hydrogen-bond acceptors (Lipinski definition) is 21. The molecule has 0 aliphatic carbocycles. The van der Waals surface area contributed by atoms with Crippen molar-refractivity contribution >= 4 is 97.2 Å². The van der Waals surface area contributed by atoms with E-state index in [2.05, 4.69) is 36.1 Å². The van der Waals surface area contributed by atoms with Gasteiger partial charge in [0.25, 0.3) is 5.91 Å². The zero-order valence-corrected chi connectivity index (χ0v) is 41.8. The number of phosphoric acid groups is 2. The smallest absolute Gasteiger partial charge is 0.423 e. The Kier molecular flexibility index (Phi) is 23.3. The highest BCUT2D eigenvalue weighted by molar-refractivity contribution is 8.77. The van der Waals surface area contributed by atoms with Crippen LogP contribution in [-0.4, -0.2) is 123 Å². The second-order valence-corrected chi connectivity index (χ2v) is 25.8. The van der Waals surface area contributed by atoms with Gasteiger partial charge in [0.05, 0.1) is 11.7 Å². The lowest BCUT2D eigenvalue weighted by Gasteiger charge is -2.23. The van der Waals surface area contributed by atoms with E-state index in [1.807, 2.05) is 34.6 Å². The predicted octanol–water partition coefficient (Wildman–Crippen LogP) is 2.42. The van der Waals surface area contributed by atoms with Crippen molar-refractivity contribution in [3.05, 3.63) is 52.1 Å². The largest absolute Gasteiger partial charge is 0.580 e. The molecule has 2 heterocycles. The van der Waals surface area contributed by atoms with E-state index in [4.69, 9.17) is 34.3 Å². The molecule has 0 saturated carbocycles. The number of amides is 2. The Bertz CT molecular complexity index is 2110. The Labute approximate surface area is 392 Å². The lowest BCUT2D eigenvalue weighted by molar-refractivity contribution is -0.121. The van der Waals surface area contributed by atoms with Crippen molar-refractivity contribution in [2.24, 2.45) is 0 Å². The molecular formula is C34H54BN5O18P3S4+. The molecule has 1 aliphatic heterocycles. The molecule has 1 saturated heterocycles. The lowest BCUT2D eigenvalue weighted by atomic mass is 9.80. The van der Waals surface area contributed by atoms with Crippen LogP contribution in [-0.2, 0) is 41.3 Å². The number of ether oxygens (including phenoxy) is 3. The van der Waals surface area contributed by atoms with Crippen LogP contribution in [0, 0.1) is 11.8 Å². The first-order chi connectivity index (χ1) is 30.1. The SMILES string of the molecule is CC(C)(C)SSCOC1C[C@H](n2cc(C#CCOCSSC(C)(C)CNC(=O)CCCCNC(=O)c3ccc(B(O)O)cc3)c(N)nc2=O)O[C@@H]1CO[P+](O)(O)OP(=O)(O)OP(=O)(O)O. The average molecular weight is 1050 g/mol. The molecule has 2 unspecified atom stereocenters. The fourth-order valence-corrected chi connectivity index (χ4v) is 12.4. The van der Waals surface area contributed by atoms with Gasteiger partial charge >= 0.3 is 36.6 Å². The van der Waals surface area contributed by atoms with Gasteiger partial charge in [-0.1, -0.05) is 87.9 Å². The Morgan fingerprint density at radius 1 is 1.05 bits per heavy atom. The highest BCUT2D eigenvalue weighted by Gasteiger charge is 2.53. The lowest BCUT2D eigenvalue weighted by Crippen LogP contribution is -2.35. The van der Waals surface area contributed by atoms with Crippen molar-refractivity contribution < 1.29 is 80.6 Å². The molecule has 31 heteroatoms. The van der Waals surface area contributed by atoms with Gasteiger partial charge in [-0.2, -0.15) is 23.6 Å². The molecule has 2 aromatic rings. The van der Waals surface area contributed by atoms with Crippen LogP contribution in [0.25, 0.3) is 0 Å². The number of hydrogen-bond donors (Lipinski definition) is 10. The Morgan fingerprint density at radius 3 is 2.37 bits per heavy atom. The van der Waals surface area contributed by atoms with Crippen LogP contribution in [0.5, 0.6) is 0 Å². The standard InChI is InChI=1S/C34H53BN5O18P3S4/c1-33(2,3)64-63-22-54-26-17-29(56-27(26)19-55-60(49,50)58-61(51,52)57-59(46,47)48)40-18-24(30(36)39-32(40)43)9-8-16-53-21-62-65-34(4,5)20-38-28(41)10-6-7-15-37-31(42)23-11-13-25(14-12-23)35(44)45/h11-14,18,26-27,29,44-45,49-50H,6-7,10,15-17,19-22H2,1-5H3,(H6-,36,37,38,39,41,42,43,46,47,48,51,52)/p+1/t26?,27-,29-/m1/s1. The van der Waals surface area contributed by atoms with Crippen molar-refractivity contribution in [2.45, 2.75) is 88.2 Å². The summed E-state index contributed by atoms with van der Waals surface area (Å²) in [5, 5.41) is 24.1. The third-order valence-corrected chi connectivity index (χ3v) is 17.9. The molecule has 1 aromatic carbocycles. The highest BCUT2D eigenvalue weighted by atomic mass is 33.1. The van der Waals surface area contributed by atoms with Gasteiger partial charge in [-0.15, -0.1) is 0 Å². The number of aromatic nitrogens is 2. The number of carbonyl (C=O) groups is 2. The highest BCUT2D eigenvalue weighted by Crippen LogP contribution is 2.69. The maximum Gasteiger partial charge on any atom is 0.580 e. The van der Waals surface area contributed by atoms with E-state index < -0.39 is 61.7 Å². The molecule has 364 valence electrons. The van der Waals surface area contributed by atoms with Gasteiger partial charge in [0.2, 0.25) is 5.91 Å². The fourth-order valence-electron chi connectivity index (χ4n) is 5.17. The topological polar surface area (TPSA) is 350 Å². The summed E-state index contributed by atoms with van der Waals surface area (Å²) in [6, 6.07) is 5.91. The van der Waals surface area contributed by atoms with E-state index in [0.717, 1.165) is 4.57 Å². The van der Waals surface area contributed by atoms with Crippen molar-refractivity contribution in [1.82, 2.24) is 20.2 Å². The average Bonchev–Trinajstić information content (AvgIpc) is 3.59.